The van der Waals surface area contributed by atoms with Crippen LogP contribution in [0.5, 0.6) is 11.5 Å². The number of ether oxygens (including phenoxy) is 3. The average molecular weight is 251 g/mol. The second-order valence-electron chi connectivity index (χ2n) is 4.49. The highest BCUT2D eigenvalue weighted by atomic mass is 16.5. The first-order valence-corrected chi connectivity index (χ1v) is 6.27. The van der Waals surface area contributed by atoms with Crippen molar-refractivity contribution in [3.8, 4) is 11.5 Å². The van der Waals surface area contributed by atoms with Crippen molar-refractivity contribution < 1.29 is 14.2 Å². The summed E-state index contributed by atoms with van der Waals surface area (Å²) in [6, 6.07) is 4.57. The predicted octanol–water partition coefficient (Wildman–Crippen LogP) is 2.27. The van der Waals surface area contributed by atoms with Crippen LogP contribution in [0.3, 0.4) is 0 Å². The van der Waals surface area contributed by atoms with Crippen molar-refractivity contribution in [2.45, 2.75) is 25.5 Å². The van der Waals surface area contributed by atoms with Gasteiger partial charge in [0, 0.05) is 13.2 Å². The van der Waals surface area contributed by atoms with Crippen molar-refractivity contribution in [1.82, 2.24) is 5.32 Å². The third-order valence-corrected chi connectivity index (χ3v) is 3.38. The minimum atomic E-state index is 0.407. The van der Waals surface area contributed by atoms with Crippen LogP contribution in [0.4, 0.5) is 0 Å². The highest BCUT2D eigenvalue weighted by Gasteiger charge is 2.20. The molecule has 1 aliphatic heterocycles. The van der Waals surface area contributed by atoms with E-state index in [0.29, 0.717) is 12.6 Å². The van der Waals surface area contributed by atoms with Crippen LogP contribution in [0, 0.1) is 0 Å². The Bertz CT molecular complexity index is 375. The molecule has 1 atom stereocenters. The molecule has 0 bridgehead atoms. The van der Waals surface area contributed by atoms with Crippen molar-refractivity contribution in [1.29, 1.82) is 0 Å². The smallest absolute Gasteiger partial charge is 0.128 e. The lowest BCUT2D eigenvalue weighted by atomic mass is 10.0. The van der Waals surface area contributed by atoms with Crippen molar-refractivity contribution in [3.05, 3.63) is 23.3 Å². The van der Waals surface area contributed by atoms with Gasteiger partial charge in [-0.05, 0) is 37.1 Å². The van der Waals surface area contributed by atoms with Gasteiger partial charge < -0.3 is 19.5 Å². The van der Waals surface area contributed by atoms with Gasteiger partial charge in [0.25, 0.3) is 0 Å². The van der Waals surface area contributed by atoms with Crippen LogP contribution in [-0.4, -0.2) is 27.9 Å². The van der Waals surface area contributed by atoms with E-state index >= 15 is 0 Å². The van der Waals surface area contributed by atoms with Crippen LogP contribution in [-0.2, 0) is 11.3 Å². The van der Waals surface area contributed by atoms with Crippen LogP contribution in [0.2, 0.25) is 0 Å². The van der Waals surface area contributed by atoms with Gasteiger partial charge in [-0.2, -0.15) is 0 Å². The molecule has 4 nitrogen and oxygen atoms in total. The van der Waals surface area contributed by atoms with Gasteiger partial charge in [0.1, 0.15) is 11.5 Å². The number of rotatable bonds is 5. The van der Waals surface area contributed by atoms with Crippen LogP contribution < -0.4 is 14.8 Å². The van der Waals surface area contributed by atoms with Gasteiger partial charge in [-0.15, -0.1) is 0 Å². The van der Waals surface area contributed by atoms with Crippen molar-refractivity contribution in [2.75, 3.05) is 27.9 Å². The monoisotopic (exact) mass is 251 g/mol. The first-order chi connectivity index (χ1) is 8.80. The molecule has 0 saturated carbocycles. The molecule has 1 saturated heterocycles. The first-order valence-electron chi connectivity index (χ1n) is 6.27. The summed E-state index contributed by atoms with van der Waals surface area (Å²) < 4.78 is 16.1. The van der Waals surface area contributed by atoms with E-state index in [9.17, 15) is 0 Å². The largest absolute Gasteiger partial charge is 0.496 e. The molecule has 0 aromatic heterocycles. The molecule has 0 aliphatic carbocycles. The van der Waals surface area contributed by atoms with Gasteiger partial charge in [-0.1, -0.05) is 0 Å². The van der Waals surface area contributed by atoms with E-state index in [1.807, 2.05) is 0 Å². The molecule has 0 amide bonds. The van der Waals surface area contributed by atoms with Gasteiger partial charge in [-0.3, -0.25) is 0 Å². The van der Waals surface area contributed by atoms with Gasteiger partial charge in [0.05, 0.1) is 26.4 Å². The first kappa shape index (κ1) is 13.2. The summed E-state index contributed by atoms with van der Waals surface area (Å²) in [4.78, 5) is 0. The van der Waals surface area contributed by atoms with E-state index in [1.165, 1.54) is 12.0 Å². The van der Waals surface area contributed by atoms with E-state index in [2.05, 4.69) is 17.4 Å². The second-order valence-corrected chi connectivity index (χ2v) is 4.49. The summed E-state index contributed by atoms with van der Waals surface area (Å²) in [5, 5.41) is 3.48. The van der Waals surface area contributed by atoms with Gasteiger partial charge in [0.2, 0.25) is 0 Å². The fraction of sp³-hybridized carbons (Fsp3) is 0.571. The maximum absolute atomic E-state index is 5.45. The Labute approximate surface area is 108 Å². The summed E-state index contributed by atoms with van der Waals surface area (Å²) in [5.41, 5.74) is 2.19. The van der Waals surface area contributed by atoms with E-state index < -0.39 is 0 Å². The molecular formula is C14H21NO3. The Morgan fingerprint density at radius 2 is 1.83 bits per heavy atom. The van der Waals surface area contributed by atoms with E-state index in [-0.39, 0.29) is 0 Å². The summed E-state index contributed by atoms with van der Waals surface area (Å²) in [6.45, 7) is 1.57. The van der Waals surface area contributed by atoms with Crippen molar-refractivity contribution >= 4 is 0 Å². The van der Waals surface area contributed by atoms with Crippen LogP contribution in [0.1, 0.15) is 30.0 Å². The summed E-state index contributed by atoms with van der Waals surface area (Å²) in [6.07, 6.45) is 2.38. The number of benzene rings is 1. The molecule has 1 fully saturated rings. The van der Waals surface area contributed by atoms with Crippen LogP contribution in [0.15, 0.2) is 12.1 Å². The lowest BCUT2D eigenvalue weighted by Gasteiger charge is -2.18. The van der Waals surface area contributed by atoms with Crippen molar-refractivity contribution in [3.63, 3.8) is 0 Å². The molecule has 1 unspecified atom stereocenters. The van der Waals surface area contributed by atoms with Crippen LogP contribution in [0.25, 0.3) is 0 Å². The second kappa shape index (κ2) is 6.07. The van der Waals surface area contributed by atoms with Gasteiger partial charge in [-0.25, -0.2) is 0 Å². The fourth-order valence-electron chi connectivity index (χ4n) is 2.46. The molecule has 0 spiro atoms. The summed E-state index contributed by atoms with van der Waals surface area (Å²) in [7, 11) is 5.03. The molecule has 1 aromatic carbocycles. The molecule has 1 N–H and O–H groups in total. The lowest BCUT2D eigenvalue weighted by molar-refractivity contribution is 0.178. The quantitative estimate of drug-likeness (QED) is 0.871. The summed E-state index contributed by atoms with van der Waals surface area (Å²) >= 11 is 0. The zero-order chi connectivity index (χ0) is 13.0. The number of methoxy groups -OCH3 is 3. The third-order valence-electron chi connectivity index (χ3n) is 3.38. The number of hydrogen-bond donors (Lipinski definition) is 1. The Balaban J connectivity index is 2.37. The molecule has 1 aromatic rings. The Morgan fingerprint density at radius 1 is 1.17 bits per heavy atom. The maximum Gasteiger partial charge on any atom is 0.128 e. The van der Waals surface area contributed by atoms with Gasteiger partial charge in [0.15, 0.2) is 0 Å². The molecule has 1 heterocycles. The highest BCUT2D eigenvalue weighted by Crippen LogP contribution is 2.35. The van der Waals surface area contributed by atoms with E-state index in [0.717, 1.165) is 30.0 Å². The number of nitrogens with one attached hydrogen (secondary N) is 1. The maximum atomic E-state index is 5.45. The van der Waals surface area contributed by atoms with E-state index in [4.69, 9.17) is 14.2 Å². The minimum Gasteiger partial charge on any atom is -0.496 e. The van der Waals surface area contributed by atoms with Crippen molar-refractivity contribution in [2.24, 2.45) is 0 Å². The molecule has 0 radical (unpaired) electrons. The zero-order valence-corrected chi connectivity index (χ0v) is 11.3. The lowest BCUT2D eigenvalue weighted by Crippen LogP contribution is -2.13. The highest BCUT2D eigenvalue weighted by molar-refractivity contribution is 5.48. The molecule has 100 valence electrons. The normalized spacial score (nSPS) is 18.9. The molecule has 18 heavy (non-hydrogen) atoms. The zero-order valence-electron chi connectivity index (χ0n) is 11.3. The Kier molecular flexibility index (Phi) is 4.44. The Hall–Kier alpha value is -1.26. The molecule has 2 rings (SSSR count). The van der Waals surface area contributed by atoms with Gasteiger partial charge >= 0.3 is 0 Å². The minimum absolute atomic E-state index is 0.407. The predicted molar refractivity (Wildman–Crippen MR) is 70.2 cm³/mol. The summed E-state index contributed by atoms with van der Waals surface area (Å²) in [5.74, 6) is 1.67. The third kappa shape index (κ3) is 2.60. The molecular weight excluding hydrogens is 230 g/mol. The SMILES string of the molecule is COCc1c(OC)cc(C2CCCN2)cc1OC. The standard InChI is InChI=1S/C14H21NO3/c1-16-9-11-13(17-2)7-10(8-14(11)18-3)12-5-4-6-15-12/h7-8,12,15H,4-6,9H2,1-3H3. The van der Waals surface area contributed by atoms with Crippen LogP contribution >= 0.6 is 0 Å². The Morgan fingerprint density at radius 3 is 2.28 bits per heavy atom. The number of hydrogen-bond acceptors (Lipinski definition) is 4. The fourth-order valence-corrected chi connectivity index (χ4v) is 2.46. The molecule has 4 heteroatoms. The average Bonchev–Trinajstić information content (AvgIpc) is 2.93. The van der Waals surface area contributed by atoms with E-state index in [1.54, 1.807) is 21.3 Å². The molecule has 1 aliphatic rings. The topological polar surface area (TPSA) is 39.7 Å².